The van der Waals surface area contributed by atoms with Crippen molar-refractivity contribution >= 4 is 10.2 Å². The zero-order valence-electron chi connectivity index (χ0n) is 10.4. The van der Waals surface area contributed by atoms with Gasteiger partial charge in [-0.2, -0.15) is 17.0 Å². The van der Waals surface area contributed by atoms with Crippen molar-refractivity contribution in [2.24, 2.45) is 0 Å². The molecule has 0 spiro atoms. The Kier molecular flexibility index (Phi) is 3.13. The summed E-state index contributed by atoms with van der Waals surface area (Å²) in [4.78, 5) is 0. The van der Waals surface area contributed by atoms with Gasteiger partial charge in [0.1, 0.15) is 0 Å². The molecule has 0 radical (unpaired) electrons. The van der Waals surface area contributed by atoms with Gasteiger partial charge >= 0.3 is 0 Å². The molecule has 1 aromatic rings. The molecule has 0 atom stereocenters. The fourth-order valence-electron chi connectivity index (χ4n) is 2.75. The maximum atomic E-state index is 12.4. The Bertz CT molecular complexity index is 536. The lowest BCUT2D eigenvalue weighted by atomic mass is 10.0. The van der Waals surface area contributed by atoms with Crippen molar-refractivity contribution in [3.63, 3.8) is 0 Å². The first kappa shape index (κ1) is 12.1. The number of hydrogen-bond acceptors (Lipinski definition) is 2. The van der Waals surface area contributed by atoms with E-state index in [-0.39, 0.29) is 0 Å². The van der Waals surface area contributed by atoms with E-state index in [1.165, 1.54) is 5.56 Å². The molecule has 3 rings (SSSR count). The normalized spacial score (nSPS) is 22.0. The maximum Gasteiger partial charge on any atom is 0.282 e. The Hall–Kier alpha value is -0.910. The van der Waals surface area contributed by atoms with Crippen molar-refractivity contribution in [1.82, 2.24) is 8.61 Å². The topological polar surface area (TPSA) is 40.6 Å². The second-order valence-corrected chi connectivity index (χ2v) is 6.89. The lowest BCUT2D eigenvalue weighted by Crippen LogP contribution is -2.44. The van der Waals surface area contributed by atoms with E-state index in [1.807, 2.05) is 18.2 Å². The highest BCUT2D eigenvalue weighted by Gasteiger charge is 2.33. The number of fused-ring (bicyclic) bond motifs is 1. The first-order chi connectivity index (χ1) is 8.68. The highest BCUT2D eigenvalue weighted by molar-refractivity contribution is 7.86. The molecule has 1 aromatic carbocycles. The predicted octanol–water partition coefficient (Wildman–Crippen LogP) is 1.39. The fraction of sp³-hybridized carbons (Fsp3) is 0.538. The first-order valence-corrected chi connectivity index (χ1v) is 7.89. The van der Waals surface area contributed by atoms with E-state index >= 15 is 0 Å². The number of rotatable bonds is 2. The lowest BCUT2D eigenvalue weighted by molar-refractivity contribution is 0.345. The first-order valence-electron chi connectivity index (χ1n) is 6.50. The van der Waals surface area contributed by atoms with Crippen LogP contribution >= 0.6 is 0 Å². The smallest absolute Gasteiger partial charge is 0.195 e. The minimum absolute atomic E-state index is 0.523. The molecular formula is C13H18N2O2S. The highest BCUT2D eigenvalue weighted by atomic mass is 32.2. The zero-order valence-corrected chi connectivity index (χ0v) is 11.2. The second kappa shape index (κ2) is 4.64. The molecule has 2 aliphatic rings. The largest absolute Gasteiger partial charge is 0.282 e. The van der Waals surface area contributed by atoms with Crippen molar-refractivity contribution in [1.29, 1.82) is 0 Å². The van der Waals surface area contributed by atoms with Gasteiger partial charge in [0.25, 0.3) is 10.2 Å². The van der Waals surface area contributed by atoms with E-state index in [1.54, 1.807) is 8.61 Å². The monoisotopic (exact) mass is 266 g/mol. The molecule has 1 saturated heterocycles. The van der Waals surface area contributed by atoms with E-state index < -0.39 is 10.2 Å². The van der Waals surface area contributed by atoms with Crippen LogP contribution in [0.5, 0.6) is 0 Å². The van der Waals surface area contributed by atoms with E-state index in [4.69, 9.17) is 0 Å². The van der Waals surface area contributed by atoms with Gasteiger partial charge in [0, 0.05) is 26.2 Å². The minimum atomic E-state index is -3.24. The lowest BCUT2D eigenvalue weighted by Gasteiger charge is -2.31. The SMILES string of the molecule is O=S(=O)(N1CCCC1)N1CCc2ccccc2C1. The van der Waals surface area contributed by atoms with Gasteiger partial charge in [0.2, 0.25) is 0 Å². The van der Waals surface area contributed by atoms with Crippen molar-refractivity contribution < 1.29 is 8.42 Å². The summed E-state index contributed by atoms with van der Waals surface area (Å²) in [6.45, 7) is 2.49. The van der Waals surface area contributed by atoms with E-state index in [2.05, 4.69) is 6.07 Å². The van der Waals surface area contributed by atoms with Gasteiger partial charge in [-0.1, -0.05) is 24.3 Å². The van der Waals surface area contributed by atoms with Crippen LogP contribution in [0.2, 0.25) is 0 Å². The average Bonchev–Trinajstić information content (AvgIpc) is 2.92. The van der Waals surface area contributed by atoms with Crippen LogP contribution in [0.15, 0.2) is 24.3 Å². The summed E-state index contributed by atoms with van der Waals surface area (Å²) in [5.41, 5.74) is 2.43. The number of benzene rings is 1. The predicted molar refractivity (Wildman–Crippen MR) is 70.3 cm³/mol. The second-order valence-electron chi connectivity index (χ2n) is 4.97. The molecule has 2 heterocycles. The molecule has 5 heteroatoms. The molecule has 18 heavy (non-hydrogen) atoms. The average molecular weight is 266 g/mol. The summed E-state index contributed by atoms with van der Waals surface area (Å²) in [7, 11) is -3.24. The number of nitrogens with zero attached hydrogens (tertiary/aromatic N) is 2. The summed E-state index contributed by atoms with van der Waals surface area (Å²) in [5.74, 6) is 0. The van der Waals surface area contributed by atoms with Crippen LogP contribution in [-0.4, -0.2) is 36.7 Å². The quantitative estimate of drug-likeness (QED) is 0.811. The highest BCUT2D eigenvalue weighted by Crippen LogP contribution is 2.24. The summed E-state index contributed by atoms with van der Waals surface area (Å²) >= 11 is 0. The molecular weight excluding hydrogens is 248 g/mol. The third kappa shape index (κ3) is 2.06. The fourth-order valence-corrected chi connectivity index (χ4v) is 4.42. The van der Waals surface area contributed by atoms with Crippen molar-refractivity contribution in [3.05, 3.63) is 35.4 Å². The third-order valence-corrected chi connectivity index (χ3v) is 5.80. The molecule has 0 bridgehead atoms. The molecule has 0 saturated carbocycles. The van der Waals surface area contributed by atoms with Gasteiger partial charge in [-0.05, 0) is 30.4 Å². The Morgan fingerprint density at radius 2 is 1.56 bits per heavy atom. The Balaban J connectivity index is 1.83. The Morgan fingerprint density at radius 3 is 2.28 bits per heavy atom. The van der Waals surface area contributed by atoms with E-state index in [0.717, 1.165) is 24.8 Å². The summed E-state index contributed by atoms with van der Waals surface area (Å²) in [5, 5.41) is 0. The summed E-state index contributed by atoms with van der Waals surface area (Å²) < 4.78 is 28.2. The molecule has 98 valence electrons. The molecule has 1 fully saturated rings. The van der Waals surface area contributed by atoms with Crippen molar-refractivity contribution in [2.75, 3.05) is 19.6 Å². The van der Waals surface area contributed by atoms with Gasteiger partial charge in [-0.25, -0.2) is 0 Å². The molecule has 2 aliphatic heterocycles. The van der Waals surface area contributed by atoms with Crippen molar-refractivity contribution in [3.8, 4) is 0 Å². The molecule has 4 nitrogen and oxygen atoms in total. The molecule has 0 aromatic heterocycles. The van der Waals surface area contributed by atoms with Crippen molar-refractivity contribution in [2.45, 2.75) is 25.8 Å². The van der Waals surface area contributed by atoms with E-state index in [0.29, 0.717) is 26.2 Å². The van der Waals surface area contributed by atoms with Gasteiger partial charge in [0.15, 0.2) is 0 Å². The Morgan fingerprint density at radius 1 is 0.889 bits per heavy atom. The van der Waals surface area contributed by atoms with Gasteiger partial charge in [-0.3, -0.25) is 0 Å². The van der Waals surface area contributed by atoms with Gasteiger partial charge in [-0.15, -0.1) is 0 Å². The minimum Gasteiger partial charge on any atom is -0.195 e. The van der Waals surface area contributed by atoms with Crippen LogP contribution in [0.1, 0.15) is 24.0 Å². The third-order valence-electron chi connectivity index (χ3n) is 3.81. The van der Waals surface area contributed by atoms with Crippen LogP contribution in [0, 0.1) is 0 Å². The van der Waals surface area contributed by atoms with Crippen LogP contribution in [0.25, 0.3) is 0 Å². The van der Waals surface area contributed by atoms with Gasteiger partial charge < -0.3 is 0 Å². The summed E-state index contributed by atoms with van der Waals surface area (Å²) in [6, 6.07) is 8.12. The number of hydrogen-bond donors (Lipinski definition) is 0. The standard InChI is InChI=1S/C13H18N2O2S/c16-18(17,14-8-3-4-9-14)15-10-7-12-5-1-2-6-13(12)11-15/h1-2,5-6H,3-4,7-11H2. The van der Waals surface area contributed by atoms with Crippen LogP contribution in [0.3, 0.4) is 0 Å². The van der Waals surface area contributed by atoms with Crippen LogP contribution < -0.4 is 0 Å². The van der Waals surface area contributed by atoms with E-state index in [9.17, 15) is 8.42 Å². The van der Waals surface area contributed by atoms with Crippen LogP contribution in [-0.2, 0) is 23.2 Å². The molecule has 0 unspecified atom stereocenters. The van der Waals surface area contributed by atoms with Crippen LogP contribution in [0.4, 0.5) is 0 Å². The molecule has 0 amide bonds. The van der Waals surface area contributed by atoms with Gasteiger partial charge in [0.05, 0.1) is 0 Å². The summed E-state index contributed by atoms with van der Waals surface area (Å²) in [6.07, 6.45) is 2.80. The Labute approximate surface area is 108 Å². The molecule has 0 N–H and O–H groups in total. The zero-order chi connectivity index (χ0) is 12.6. The maximum absolute atomic E-state index is 12.4. The molecule has 0 aliphatic carbocycles.